The lowest BCUT2D eigenvalue weighted by Crippen LogP contribution is -2.34. The molecular weight excluding hydrogens is 1410 g/mol. The molecule has 4 aromatic heterocycles. The number of hydrogen-bond donors (Lipinski definition) is 0. The summed E-state index contributed by atoms with van der Waals surface area (Å²) < 4.78 is 114. The minimum absolute atomic E-state index is 0.0112. The Balaban J connectivity index is 0.000000263. The zero-order chi connectivity index (χ0) is 80.0. The topological polar surface area (TPSA) is 12.4 Å². The average molecular weight is 1530 g/mol. The van der Waals surface area contributed by atoms with Gasteiger partial charge in [-0.2, -0.15) is 39.5 Å². The van der Waals surface area contributed by atoms with E-state index in [1.807, 2.05) is 60.8 Å². The second kappa shape index (κ2) is 37.4. The van der Waals surface area contributed by atoms with Crippen molar-refractivity contribution >= 4 is 56.7 Å². The van der Waals surface area contributed by atoms with Crippen LogP contribution in [0.1, 0.15) is 250 Å². The lowest BCUT2D eigenvalue weighted by atomic mass is 9.71. The molecule has 0 atom stereocenters. The molecule has 10 rings (SSSR count). The third kappa shape index (κ3) is 31.7. The van der Waals surface area contributed by atoms with Gasteiger partial charge in [-0.3, -0.25) is 4.99 Å². The van der Waals surface area contributed by atoms with Crippen LogP contribution in [0.5, 0.6) is 0 Å². The Morgan fingerprint density at radius 3 is 1.03 bits per heavy atom. The Bertz CT molecular complexity index is 3860. The van der Waals surface area contributed by atoms with Gasteiger partial charge in [-0.15, -0.1) is 45.3 Å². The number of rotatable bonds is 11. The van der Waals surface area contributed by atoms with Gasteiger partial charge in [0.25, 0.3) is 0 Å². The summed E-state index contributed by atoms with van der Waals surface area (Å²) in [5.74, 6) is 0.807. The summed E-state index contributed by atoms with van der Waals surface area (Å²) in [5, 5.41) is 0. The molecule has 2 aliphatic rings. The van der Waals surface area contributed by atoms with E-state index < -0.39 is 34.8 Å². The molecule has 0 amide bonds. The van der Waals surface area contributed by atoms with Gasteiger partial charge >= 0.3 is 18.5 Å². The number of hydrogen-bond acceptors (Lipinski definition) is 5. The summed E-state index contributed by atoms with van der Waals surface area (Å²) in [4.78, 5) is 14.3. The summed E-state index contributed by atoms with van der Waals surface area (Å²) in [5.41, 5.74) is 14.5. The van der Waals surface area contributed by atoms with Crippen LogP contribution in [-0.4, -0.2) is 24.2 Å². The molecule has 0 saturated heterocycles. The van der Waals surface area contributed by atoms with E-state index in [2.05, 4.69) is 205 Å². The molecule has 1 aliphatic carbocycles. The zero-order valence-electron chi connectivity index (χ0n) is 68.8. The van der Waals surface area contributed by atoms with Crippen LogP contribution in [0.4, 0.5) is 45.2 Å². The van der Waals surface area contributed by atoms with Crippen molar-refractivity contribution in [1.29, 1.82) is 0 Å². The monoisotopic (exact) mass is 1530 g/mol. The third-order valence-electron chi connectivity index (χ3n) is 19.4. The van der Waals surface area contributed by atoms with E-state index in [0.29, 0.717) is 27.2 Å². The first kappa shape index (κ1) is 92.1. The van der Waals surface area contributed by atoms with E-state index in [1.54, 1.807) is 29.8 Å². The Kier molecular flexibility index (Phi) is 32.8. The fraction of sp³-hybridized carbons (Fsp3) is 0.549. The normalized spacial score (nSPS) is 14.3. The van der Waals surface area contributed by atoms with Crippen LogP contribution in [0.3, 0.4) is 0 Å². The molecule has 1 aliphatic heterocycles. The summed E-state index contributed by atoms with van der Waals surface area (Å²) in [6.45, 7) is 56.0. The first-order chi connectivity index (χ1) is 47.7. The van der Waals surface area contributed by atoms with E-state index in [0.717, 1.165) is 49.4 Å². The van der Waals surface area contributed by atoms with Crippen LogP contribution in [0.15, 0.2) is 120 Å². The molecule has 8 aromatic rings. The maximum Gasteiger partial charge on any atom is 0.394 e. The number of fused-ring (bicyclic) bond motifs is 1. The molecule has 1 saturated carbocycles. The highest BCUT2D eigenvalue weighted by atomic mass is 32.1. The first-order valence-electron chi connectivity index (χ1n) is 37.1. The Labute approximate surface area is 644 Å². The molecule has 105 heavy (non-hydrogen) atoms. The van der Waals surface area contributed by atoms with Gasteiger partial charge < -0.3 is 0 Å². The van der Waals surface area contributed by atoms with E-state index in [1.165, 1.54) is 178 Å². The molecule has 0 spiro atoms. The predicted octanol–water partition coefficient (Wildman–Crippen LogP) is 31.4. The average Bonchev–Trinajstić information content (AvgIpc) is 1.79. The van der Waals surface area contributed by atoms with E-state index in [9.17, 15) is 39.5 Å². The molecule has 0 radical (unpaired) electrons. The van der Waals surface area contributed by atoms with Gasteiger partial charge in [-0.1, -0.05) is 178 Å². The van der Waals surface area contributed by atoms with Gasteiger partial charge in [0.2, 0.25) is 0 Å². The Morgan fingerprint density at radius 1 is 0.371 bits per heavy atom. The first-order valence-corrected chi connectivity index (χ1v) is 40.3. The molecular formula is C91H126F9NS4. The smallest absolute Gasteiger partial charge is 0.257 e. The van der Waals surface area contributed by atoms with E-state index in [4.69, 9.17) is 4.99 Å². The van der Waals surface area contributed by atoms with Crippen molar-refractivity contribution in [2.24, 2.45) is 42.9 Å². The van der Waals surface area contributed by atoms with Crippen LogP contribution in [-0.2, 0) is 38.5 Å². The quantitative estimate of drug-likeness (QED) is 0.114. The summed E-state index contributed by atoms with van der Waals surface area (Å²) in [7, 11) is 0. The fourth-order valence-corrected chi connectivity index (χ4v) is 16.8. The number of benzene rings is 4. The number of aliphatic imine (C=N–C) groups is 1. The van der Waals surface area contributed by atoms with Crippen LogP contribution in [0.2, 0.25) is 0 Å². The van der Waals surface area contributed by atoms with Crippen molar-refractivity contribution in [3.8, 4) is 11.1 Å². The lowest BCUT2D eigenvalue weighted by Gasteiger charge is -2.34. The van der Waals surface area contributed by atoms with Crippen molar-refractivity contribution < 1.29 is 39.5 Å². The van der Waals surface area contributed by atoms with Crippen LogP contribution in [0.25, 0.3) is 11.1 Å². The second-order valence-corrected chi connectivity index (χ2v) is 41.6. The minimum atomic E-state index is -4.20. The van der Waals surface area contributed by atoms with E-state index in [-0.39, 0.29) is 19.3 Å². The van der Waals surface area contributed by atoms with Gasteiger partial charge in [0.05, 0.1) is 21.9 Å². The Hall–Kier alpha value is -5.28. The zero-order valence-corrected chi connectivity index (χ0v) is 72.1. The number of halogens is 9. The Morgan fingerprint density at radius 2 is 0.705 bits per heavy atom. The third-order valence-corrected chi connectivity index (χ3v) is 23.4. The van der Waals surface area contributed by atoms with Gasteiger partial charge in [0.1, 0.15) is 0 Å². The largest absolute Gasteiger partial charge is 0.394 e. The molecule has 0 bridgehead atoms. The number of alkyl halides is 9. The van der Waals surface area contributed by atoms with Crippen LogP contribution in [0, 0.1) is 114 Å². The molecule has 0 unspecified atom stereocenters. The minimum Gasteiger partial charge on any atom is -0.257 e. The second-order valence-electron chi connectivity index (χ2n) is 36.1. The number of aryl methyl sites for hydroxylation is 9. The molecule has 4 aromatic carbocycles. The number of thiophene rings is 4. The number of nitrogens with zero attached hydrogens (tertiary/aromatic N) is 1. The van der Waals surface area contributed by atoms with Crippen LogP contribution < -0.4 is 0 Å². The fourth-order valence-electron chi connectivity index (χ4n) is 12.2. The van der Waals surface area contributed by atoms with Crippen molar-refractivity contribution in [3.05, 3.63) is 210 Å². The molecule has 582 valence electrons. The molecule has 14 heteroatoms. The predicted molar refractivity (Wildman–Crippen MR) is 441 cm³/mol. The van der Waals surface area contributed by atoms with Crippen molar-refractivity contribution in [1.82, 2.24) is 0 Å². The van der Waals surface area contributed by atoms with Crippen molar-refractivity contribution in [2.75, 3.05) is 0 Å². The standard InChI is InChI=1S/C20H23F3.C17H26.C14H19N.2C10H13F3S.2C10H16S/c1-13-10-18(11-14(2)15(13)3)17-8-6-16(7-9-17)12-19(4,5)20(21,22)23;1-12-10-16(11-13(2)14(12)3)15-6-8-17(4,5)9-7-15;1-10-5-6-11-8-12(9-14(2,3)4)15-13(11)7-10;2*1-7-4-5-8(14-7)6-9(2,3)10(11,12)13;2*1-8-5-6-9(11-8)7-10(2,3)4/h6-11H,12H2,1-5H3;10-11,15H,6-9H2,1-5H3;5-7H,8-9H2,1-4H3;2*4-5H,6H2,1-3H3;2*5-6H,7H2,1-4H3. The SMILES string of the molecule is Cc1cc(-c2ccc(CC(C)(C)C(F)(F)F)cc2)cc(C)c1C.Cc1cc(C2CCC(C)(C)CC2)cc(C)c1C.Cc1ccc(CC(C)(C)C(F)(F)F)s1.Cc1ccc(CC(C)(C)C(F)(F)F)s1.Cc1ccc(CC(C)(C)C)s1.Cc1ccc(CC(C)(C)C)s1.Cc1ccc2c(c1)N=C(CC(C)(C)C)C2. The van der Waals surface area contributed by atoms with Gasteiger partial charge in [-0.25, -0.2) is 0 Å². The maximum atomic E-state index is 13.0. The highest BCUT2D eigenvalue weighted by Gasteiger charge is 2.49. The highest BCUT2D eigenvalue weighted by Crippen LogP contribution is 2.46. The van der Waals surface area contributed by atoms with Crippen molar-refractivity contribution in [2.45, 2.75) is 289 Å². The lowest BCUT2D eigenvalue weighted by molar-refractivity contribution is -0.211. The van der Waals surface area contributed by atoms with Crippen LogP contribution >= 0.6 is 45.3 Å². The van der Waals surface area contributed by atoms with Gasteiger partial charge in [0, 0.05) is 51.1 Å². The van der Waals surface area contributed by atoms with Crippen molar-refractivity contribution in [3.63, 3.8) is 0 Å². The molecule has 5 heterocycles. The molecule has 1 fully saturated rings. The van der Waals surface area contributed by atoms with Gasteiger partial charge in [0.15, 0.2) is 0 Å². The summed E-state index contributed by atoms with van der Waals surface area (Å²) >= 11 is 6.69. The summed E-state index contributed by atoms with van der Waals surface area (Å²) in [6, 6.07) is 39.2. The maximum absolute atomic E-state index is 13.0. The summed E-state index contributed by atoms with van der Waals surface area (Å²) in [6.07, 6.45) is -2.30. The van der Waals surface area contributed by atoms with E-state index >= 15 is 0 Å². The molecule has 1 nitrogen and oxygen atoms in total. The molecule has 0 N–H and O–H groups in total. The highest BCUT2D eigenvalue weighted by molar-refractivity contribution is 7.12. The van der Waals surface area contributed by atoms with Gasteiger partial charge in [-0.05, 0) is 289 Å².